The molecule has 33 heteroatoms. The predicted molar refractivity (Wildman–Crippen MR) is 343 cm³/mol. The number of ether oxygens (including phenoxy) is 2. The number of alkyl halides is 6. The highest BCUT2D eigenvalue weighted by atomic mass is 32.2. The minimum atomic E-state index is -5.06. The third kappa shape index (κ3) is 26.4. The van der Waals surface area contributed by atoms with Crippen LogP contribution in [0.2, 0.25) is 0 Å². The van der Waals surface area contributed by atoms with Crippen molar-refractivity contribution in [3.8, 4) is 0 Å². The van der Waals surface area contributed by atoms with Gasteiger partial charge < -0.3 is 48.4 Å². The summed E-state index contributed by atoms with van der Waals surface area (Å²) in [6.45, 7) is 8.14. The van der Waals surface area contributed by atoms with Crippen LogP contribution in [0.3, 0.4) is 0 Å². The molecular weight excluding hydrogens is 1330 g/mol. The SMILES string of the molecule is CNC(=O)CCC(=O)OCCCCCCOP(=O)(OCCCCNC(=O)C(F)(F)F)c1ccc2c(c1)C(C)(C)C(/C=C/C=C/C=C1\N(CCCS(=O)(=O)O)c3ccc(P(=O)(OCCCCCCOC)OCCCCNC(=O)C(F)(F)F)cc3C1(C)C)=[N+]2CCCSOOO. The monoisotopic (exact) mass is 1420 g/mol. The molecule has 2 aromatic rings. The number of carbonyl (C=O) groups excluding carboxylic acids is 4. The first-order chi connectivity index (χ1) is 44.4. The summed E-state index contributed by atoms with van der Waals surface area (Å²) >= 11 is 0.882. The Bertz CT molecular complexity index is 3150. The van der Waals surface area contributed by atoms with Gasteiger partial charge in [-0.1, -0.05) is 56.4 Å². The largest absolute Gasteiger partial charge is 0.471 e. The van der Waals surface area contributed by atoms with Gasteiger partial charge in [-0.3, -0.25) is 32.9 Å². The van der Waals surface area contributed by atoms with E-state index in [4.69, 9.17) is 32.8 Å². The Hall–Kier alpha value is -5.01. The van der Waals surface area contributed by atoms with Crippen molar-refractivity contribution in [1.82, 2.24) is 16.0 Å². The van der Waals surface area contributed by atoms with Crippen LogP contribution in [-0.4, -0.2) is 156 Å². The smallest absolute Gasteiger partial charge is 0.466 e. The molecule has 5 N–H and O–H groups in total. The number of hydrogen-bond acceptors (Lipinski definition) is 19. The number of nitrogens with one attached hydrogen (secondary N) is 3. The van der Waals surface area contributed by atoms with Gasteiger partial charge in [0.15, 0.2) is 5.71 Å². The molecule has 2 aliphatic rings. The van der Waals surface area contributed by atoms with Gasteiger partial charge in [-0.15, -0.1) is 4.33 Å². The van der Waals surface area contributed by atoms with Crippen LogP contribution in [0, 0.1) is 0 Å². The molecular formula is C61H90F6N5O18P2S2+. The van der Waals surface area contributed by atoms with Gasteiger partial charge in [0.2, 0.25) is 11.6 Å². The lowest BCUT2D eigenvalue weighted by molar-refractivity contribution is -0.438. The van der Waals surface area contributed by atoms with Crippen molar-refractivity contribution in [1.29, 1.82) is 0 Å². The predicted octanol–water partition coefficient (Wildman–Crippen LogP) is 11.1. The molecule has 0 saturated heterocycles. The van der Waals surface area contributed by atoms with Crippen LogP contribution in [0.5, 0.6) is 0 Å². The number of nitrogens with zero attached hydrogens (tertiary/aromatic N) is 2. The number of carbonyl (C=O) groups is 4. The Kier molecular flexibility index (Phi) is 34.1. The number of allylic oxidation sites excluding steroid dienone is 6. The maximum absolute atomic E-state index is 15.0. The summed E-state index contributed by atoms with van der Waals surface area (Å²) in [5, 5.41) is 19.0. The third-order valence-corrected chi connectivity index (χ3v) is 20.6. The summed E-state index contributed by atoms with van der Waals surface area (Å²) in [5.74, 6) is -5.09. The Morgan fingerprint density at radius 3 is 1.71 bits per heavy atom. The molecule has 94 heavy (non-hydrogen) atoms. The van der Waals surface area contributed by atoms with Gasteiger partial charge in [0, 0.05) is 106 Å². The van der Waals surface area contributed by atoms with Gasteiger partial charge in [0.05, 0.1) is 61.2 Å². The van der Waals surface area contributed by atoms with E-state index in [0.29, 0.717) is 74.4 Å². The van der Waals surface area contributed by atoms with E-state index in [0.717, 1.165) is 48.3 Å². The standard InChI is InChI=1S/C61H89F6N5O18P2S2/c1-58(2)48-44-46(91(78,87-40-20-14-32-69-56(75)60(62,63)64)86-39-19-10-8-17-37-84-55(74)31-30-54(73)68-5)26-28-50(48)71(34-22-42-93-90-89-77)52(58)24-12-11-13-25-53-59(3,4)49-45-47(27-29-51(49)72(53)35-23-43-94(80,81)82)92(79,85-38-18-9-7-16-36-83-6)88-41-21-15-33-70-57(76)61(65,66)67/h11-13,24-29,44-45H,7-10,14-23,30-43H2,1-6H3,(H4-,68,69,70,73,75,76,77,80,81,82)/p+1. The molecule has 0 aliphatic carbocycles. The summed E-state index contributed by atoms with van der Waals surface area (Å²) in [4.78, 5) is 48.1. The quantitative estimate of drug-likeness (QED) is 0.00393. The molecule has 0 aromatic heterocycles. The van der Waals surface area contributed by atoms with Crippen LogP contribution >= 0.6 is 27.2 Å². The summed E-state index contributed by atoms with van der Waals surface area (Å²) in [6, 6.07) is 10.2. The summed E-state index contributed by atoms with van der Waals surface area (Å²) in [6.07, 6.45) is 5.04. The fourth-order valence-corrected chi connectivity index (χ4v) is 14.4. The fourth-order valence-electron chi connectivity index (χ4n) is 10.3. The van der Waals surface area contributed by atoms with Gasteiger partial charge in [-0.25, -0.2) is 5.26 Å². The average Bonchev–Trinajstić information content (AvgIpc) is 1.59. The number of esters is 1. The van der Waals surface area contributed by atoms with Gasteiger partial charge in [-0.2, -0.15) is 39.3 Å². The van der Waals surface area contributed by atoms with Crippen molar-refractivity contribution in [2.24, 2.45) is 0 Å². The molecule has 530 valence electrons. The molecule has 2 aromatic carbocycles. The number of rotatable bonds is 46. The number of unbranched alkanes of at least 4 members (excludes halogenated alkanes) is 8. The second kappa shape index (κ2) is 39.4. The minimum absolute atomic E-state index is 0.00872. The highest BCUT2D eigenvalue weighted by molar-refractivity contribution is 7.94. The van der Waals surface area contributed by atoms with E-state index in [-0.39, 0.29) is 114 Å². The number of methoxy groups -OCH3 is 1. The Labute approximate surface area is 550 Å². The third-order valence-electron chi connectivity index (χ3n) is 15.2. The number of halogens is 6. The maximum Gasteiger partial charge on any atom is 0.471 e. The van der Waals surface area contributed by atoms with Crippen molar-refractivity contribution in [3.63, 3.8) is 0 Å². The molecule has 0 bridgehead atoms. The highest BCUT2D eigenvalue weighted by Gasteiger charge is 2.47. The topological polar surface area (TPSA) is 293 Å². The van der Waals surface area contributed by atoms with Gasteiger partial charge in [-0.05, 0) is 120 Å². The Morgan fingerprint density at radius 2 is 1.19 bits per heavy atom. The second-order valence-corrected chi connectivity index (χ2v) is 29.5. The lowest BCUT2D eigenvalue weighted by Gasteiger charge is -2.27. The van der Waals surface area contributed by atoms with Crippen molar-refractivity contribution < 1.29 is 114 Å². The van der Waals surface area contributed by atoms with Crippen molar-refractivity contribution >= 4 is 88.7 Å². The number of benzene rings is 2. The maximum atomic E-state index is 15.0. The first-order valence-electron chi connectivity index (χ1n) is 31.0. The zero-order chi connectivity index (χ0) is 69.6. The van der Waals surface area contributed by atoms with Crippen molar-refractivity contribution in [2.45, 2.75) is 154 Å². The normalized spacial score (nSPS) is 16.4. The number of amides is 3. The lowest BCUT2D eigenvalue weighted by Crippen LogP contribution is -2.37. The van der Waals surface area contributed by atoms with E-state index in [1.165, 1.54) is 7.05 Å². The highest BCUT2D eigenvalue weighted by Crippen LogP contribution is 2.53. The Morgan fingerprint density at radius 1 is 0.670 bits per heavy atom. The fraction of sp³-hybridized carbons (Fsp3) is 0.623. The molecule has 2 atom stereocenters. The van der Waals surface area contributed by atoms with Crippen LogP contribution in [-0.2, 0) is 86.2 Å². The van der Waals surface area contributed by atoms with Crippen molar-refractivity contribution in [2.75, 3.05) is 96.4 Å². The average molecular weight is 1420 g/mol. The summed E-state index contributed by atoms with van der Waals surface area (Å²) < 4.78 is 181. The van der Waals surface area contributed by atoms with Crippen LogP contribution in [0.15, 0.2) is 72.5 Å². The van der Waals surface area contributed by atoms with Gasteiger partial charge >= 0.3 is 45.3 Å². The van der Waals surface area contributed by atoms with Crippen LogP contribution in [0.4, 0.5) is 37.7 Å². The minimum Gasteiger partial charge on any atom is -0.466 e. The molecule has 2 heterocycles. The van der Waals surface area contributed by atoms with E-state index >= 15 is 0 Å². The molecule has 4 rings (SSSR count). The molecule has 0 radical (unpaired) electrons. The van der Waals surface area contributed by atoms with Crippen molar-refractivity contribution in [3.05, 3.63) is 83.6 Å². The molecule has 0 spiro atoms. The van der Waals surface area contributed by atoms with E-state index in [1.54, 1.807) is 55.7 Å². The van der Waals surface area contributed by atoms with Gasteiger partial charge in [0.1, 0.15) is 6.54 Å². The van der Waals surface area contributed by atoms with E-state index < -0.39 is 72.0 Å². The first-order valence-corrected chi connectivity index (χ1v) is 36.6. The van der Waals surface area contributed by atoms with Gasteiger partial charge in [0.25, 0.3) is 10.1 Å². The number of anilines is 1. The number of fused-ring (bicyclic) bond motifs is 2. The molecule has 2 aliphatic heterocycles. The molecule has 23 nitrogen and oxygen atoms in total. The first kappa shape index (κ1) is 81.4. The number of hydrogen-bond donors (Lipinski definition) is 5. The van der Waals surface area contributed by atoms with E-state index in [2.05, 4.69) is 19.3 Å². The zero-order valence-electron chi connectivity index (χ0n) is 53.9. The van der Waals surface area contributed by atoms with Crippen LogP contribution in [0.1, 0.15) is 142 Å². The lowest BCUT2D eigenvalue weighted by atomic mass is 9.81. The van der Waals surface area contributed by atoms with Crippen LogP contribution in [0.25, 0.3) is 0 Å². The second-order valence-electron chi connectivity index (χ2n) is 23.1. The van der Waals surface area contributed by atoms with Crippen LogP contribution < -0.4 is 31.5 Å². The molecule has 0 saturated carbocycles. The zero-order valence-corrected chi connectivity index (χ0v) is 57.4. The Balaban J connectivity index is 1.65. The van der Waals surface area contributed by atoms with E-state index in [1.807, 2.05) is 61.5 Å². The van der Waals surface area contributed by atoms with E-state index in [9.17, 15) is 67.6 Å². The molecule has 3 amide bonds. The molecule has 2 unspecified atom stereocenters. The molecule has 0 fully saturated rings. The summed E-state index contributed by atoms with van der Waals surface area (Å²) in [7, 11) is -9.54. The summed E-state index contributed by atoms with van der Waals surface area (Å²) in [5.41, 5.74) is 2.68.